The second-order valence-corrected chi connectivity index (χ2v) is 9.56. The third kappa shape index (κ3) is 9.17. The van der Waals surface area contributed by atoms with Gasteiger partial charge in [0.1, 0.15) is 18.8 Å². The van der Waals surface area contributed by atoms with Gasteiger partial charge in [0.05, 0.1) is 19.3 Å². The molecule has 0 saturated heterocycles. The van der Waals surface area contributed by atoms with Gasteiger partial charge in [-0.25, -0.2) is 5.06 Å². The normalized spacial score (nSPS) is 13.3. The fourth-order valence-electron chi connectivity index (χ4n) is 2.94. The summed E-state index contributed by atoms with van der Waals surface area (Å²) in [5.74, 6) is -0.667. The van der Waals surface area contributed by atoms with E-state index in [0.29, 0.717) is 6.41 Å². The highest BCUT2D eigenvalue weighted by atomic mass is 31.2. The van der Waals surface area contributed by atoms with Gasteiger partial charge in [0.25, 0.3) is 0 Å². The van der Waals surface area contributed by atoms with Crippen LogP contribution in [0, 0.1) is 0 Å². The molecule has 0 radical (unpaired) electrons. The second kappa shape index (κ2) is 14.0. The van der Waals surface area contributed by atoms with Gasteiger partial charge >= 0.3 is 7.60 Å². The highest BCUT2D eigenvalue weighted by Crippen LogP contribution is 2.47. The van der Waals surface area contributed by atoms with Crippen LogP contribution in [0.3, 0.4) is 0 Å². The monoisotopic (exact) mass is 479 g/mol. The van der Waals surface area contributed by atoms with E-state index >= 15 is 0 Å². The van der Waals surface area contributed by atoms with Crippen molar-refractivity contribution in [2.75, 3.05) is 26.9 Å². The molecule has 180 valence electrons. The van der Waals surface area contributed by atoms with Crippen LogP contribution in [-0.4, -0.2) is 61.5 Å². The molecule has 1 N–H and O–H groups in total. The minimum atomic E-state index is -3.38. The molecule has 2 aromatic rings. The quantitative estimate of drug-likeness (QED) is 0.222. The Morgan fingerprint density at radius 2 is 1.55 bits per heavy atom. The molecule has 2 atom stereocenters. The van der Waals surface area contributed by atoms with Gasteiger partial charge in [0.15, 0.2) is 5.78 Å². The van der Waals surface area contributed by atoms with Gasteiger partial charge in [-0.05, 0) is 17.5 Å². The Kier molecular flexibility index (Phi) is 11.4. The van der Waals surface area contributed by atoms with E-state index in [1.165, 1.54) is 14.2 Å². The molecule has 0 bridgehead atoms. The van der Waals surface area contributed by atoms with Gasteiger partial charge in [-0.3, -0.25) is 19.0 Å². The number of hydroxylamine groups is 2. The lowest BCUT2D eigenvalue weighted by Crippen LogP contribution is -2.42. The van der Waals surface area contributed by atoms with Gasteiger partial charge in [-0.1, -0.05) is 60.7 Å². The first kappa shape index (κ1) is 26.9. The van der Waals surface area contributed by atoms with Crippen molar-refractivity contribution >= 4 is 19.8 Å². The number of hydrogen-bond acceptors (Lipinski definition) is 8. The summed E-state index contributed by atoms with van der Waals surface area (Å²) in [5.41, 5.74) is 1.65. The largest absolute Gasteiger partial charge is 0.383 e. The van der Waals surface area contributed by atoms with Crippen molar-refractivity contribution in [3.63, 3.8) is 0 Å². The summed E-state index contributed by atoms with van der Waals surface area (Å²) in [4.78, 5) is 29.7. The molecule has 0 fully saturated rings. The minimum Gasteiger partial charge on any atom is -0.383 e. The van der Waals surface area contributed by atoms with Crippen LogP contribution in [0.2, 0.25) is 0 Å². The highest BCUT2D eigenvalue weighted by Gasteiger charge is 2.31. The third-order valence-electron chi connectivity index (χ3n) is 4.87. The van der Waals surface area contributed by atoms with Gasteiger partial charge in [0, 0.05) is 14.2 Å². The molecule has 2 rings (SSSR count). The van der Waals surface area contributed by atoms with Crippen LogP contribution in [-0.2, 0) is 46.0 Å². The first-order chi connectivity index (χ1) is 15.9. The Hall–Kier alpha value is -2.39. The van der Waals surface area contributed by atoms with Crippen molar-refractivity contribution in [1.29, 1.82) is 0 Å². The summed E-state index contributed by atoms with van der Waals surface area (Å²) in [6.07, 6.45) is -2.37. The molecule has 2 aromatic carbocycles. The van der Waals surface area contributed by atoms with Gasteiger partial charge in [-0.2, -0.15) is 0 Å². The average Bonchev–Trinajstić information content (AvgIpc) is 2.87. The number of benzene rings is 2. The molecular formula is C23H30NO8P. The van der Waals surface area contributed by atoms with E-state index in [1.54, 1.807) is 0 Å². The molecule has 2 unspecified atom stereocenters. The van der Waals surface area contributed by atoms with E-state index in [1.807, 2.05) is 60.7 Å². The number of ether oxygens (including phenoxy) is 1. The van der Waals surface area contributed by atoms with Gasteiger partial charge in [-0.15, -0.1) is 0 Å². The van der Waals surface area contributed by atoms with Crippen LogP contribution in [0.15, 0.2) is 60.7 Å². The molecule has 0 saturated carbocycles. The molecule has 0 spiro atoms. The Bertz CT molecular complexity index is 888. The Morgan fingerprint density at radius 3 is 2.06 bits per heavy atom. The Morgan fingerprint density at radius 1 is 1.00 bits per heavy atom. The number of hydrogen-bond donors (Lipinski definition) is 1. The molecule has 0 heterocycles. The maximum absolute atomic E-state index is 12.9. The summed E-state index contributed by atoms with van der Waals surface area (Å²) in [7, 11) is -0.870. The van der Waals surface area contributed by atoms with Crippen molar-refractivity contribution in [3.05, 3.63) is 71.8 Å². The van der Waals surface area contributed by atoms with Crippen molar-refractivity contribution < 1.29 is 37.9 Å². The lowest BCUT2D eigenvalue weighted by Gasteiger charge is -2.24. The molecule has 33 heavy (non-hydrogen) atoms. The number of aliphatic hydroxyl groups is 1. The number of aliphatic hydroxyl groups excluding tert-OH is 1. The maximum Gasteiger partial charge on any atom is 0.330 e. The first-order valence-electron chi connectivity index (χ1n) is 10.4. The van der Waals surface area contributed by atoms with Crippen LogP contribution in [0.25, 0.3) is 0 Å². The Labute approximate surface area is 193 Å². The molecule has 0 aliphatic carbocycles. The average molecular weight is 479 g/mol. The van der Waals surface area contributed by atoms with Gasteiger partial charge in [0.2, 0.25) is 6.41 Å². The second-order valence-electron chi connectivity index (χ2n) is 7.16. The number of nitrogens with zero attached hydrogens (tertiary/aromatic N) is 1. The summed E-state index contributed by atoms with van der Waals surface area (Å²) in [6, 6.07) is 18.3. The van der Waals surface area contributed by atoms with Gasteiger partial charge < -0.3 is 18.9 Å². The number of carbonyl (C=O) groups excluding carboxylic acids is 2. The standard InChI is InChI=1S/C23H30NO8P/c1-29-33(28,30-2)14-13-22(31-16-19-9-5-3-6-10-19)23(27)21(26)15-24(18-25)32-17-20-11-7-4-8-12-20/h3-12,18,21-22,26H,13-17H2,1-2H3. The lowest BCUT2D eigenvalue weighted by atomic mass is 10.1. The minimum absolute atomic E-state index is 0.00630. The molecule has 0 aromatic heterocycles. The fourth-order valence-corrected chi connectivity index (χ4v) is 4.01. The third-order valence-corrected chi connectivity index (χ3v) is 6.79. The molecule has 0 aliphatic rings. The van der Waals surface area contributed by atoms with E-state index in [0.717, 1.165) is 16.2 Å². The Balaban J connectivity index is 2.01. The number of rotatable bonds is 16. The number of ketones is 1. The zero-order chi connectivity index (χ0) is 24.1. The van der Waals surface area contributed by atoms with Crippen LogP contribution >= 0.6 is 7.60 Å². The molecular weight excluding hydrogens is 449 g/mol. The molecule has 1 amide bonds. The SMILES string of the molecule is COP(=O)(CCC(OCc1ccccc1)C(=O)C(O)CN(C=O)OCc1ccccc1)OC. The highest BCUT2D eigenvalue weighted by molar-refractivity contribution is 7.53. The number of carbonyl (C=O) groups is 2. The van der Waals surface area contributed by atoms with E-state index in [4.69, 9.17) is 18.6 Å². The zero-order valence-corrected chi connectivity index (χ0v) is 19.6. The van der Waals surface area contributed by atoms with Crippen LogP contribution < -0.4 is 0 Å². The fraction of sp³-hybridized carbons (Fsp3) is 0.391. The topological polar surface area (TPSA) is 112 Å². The first-order valence-corrected chi connectivity index (χ1v) is 12.1. The van der Waals surface area contributed by atoms with Crippen LogP contribution in [0.4, 0.5) is 0 Å². The molecule has 9 nitrogen and oxygen atoms in total. The maximum atomic E-state index is 12.9. The van der Waals surface area contributed by atoms with Crippen molar-refractivity contribution in [1.82, 2.24) is 5.06 Å². The predicted molar refractivity (Wildman–Crippen MR) is 121 cm³/mol. The number of amides is 1. The van der Waals surface area contributed by atoms with E-state index < -0.39 is 25.6 Å². The van der Waals surface area contributed by atoms with Crippen LogP contribution in [0.1, 0.15) is 17.5 Å². The van der Waals surface area contributed by atoms with Crippen molar-refractivity contribution in [2.24, 2.45) is 0 Å². The molecule has 0 aliphatic heterocycles. The summed E-state index contributed by atoms with van der Waals surface area (Å²) in [6.45, 7) is -0.179. The number of Topliss-reactive ketones (excluding diaryl/α,β-unsaturated/α-hetero) is 1. The summed E-state index contributed by atoms with van der Waals surface area (Å²) < 4.78 is 28.0. The lowest BCUT2D eigenvalue weighted by molar-refractivity contribution is -0.186. The predicted octanol–water partition coefficient (Wildman–Crippen LogP) is 2.97. The van der Waals surface area contributed by atoms with E-state index in [2.05, 4.69) is 0 Å². The molecule has 10 heteroatoms. The van der Waals surface area contributed by atoms with Crippen molar-refractivity contribution in [3.8, 4) is 0 Å². The zero-order valence-electron chi connectivity index (χ0n) is 18.7. The smallest absolute Gasteiger partial charge is 0.330 e. The summed E-state index contributed by atoms with van der Waals surface area (Å²) >= 11 is 0. The van der Waals surface area contributed by atoms with E-state index in [-0.39, 0.29) is 32.3 Å². The summed E-state index contributed by atoms with van der Waals surface area (Å²) in [5, 5.41) is 11.3. The van der Waals surface area contributed by atoms with E-state index in [9.17, 15) is 19.3 Å². The van der Waals surface area contributed by atoms with Crippen molar-refractivity contribution in [2.45, 2.75) is 31.8 Å². The van der Waals surface area contributed by atoms with Crippen LogP contribution in [0.5, 0.6) is 0 Å².